The molecule has 3 rings (SSSR count). The Bertz CT molecular complexity index is 666. The molecule has 0 fully saturated rings. The molecule has 1 aliphatic rings. The standard InChI is InChI=1S/C17H19NO3S/c1-20-14-7-3-5-12-6-4-10-18(16(12)14)11-13-8-9-15(22-13)17(19)21-2/h3,5,7-9H,4,6,10-11H2,1-2H3. The SMILES string of the molecule is COC(=O)c1ccc(CN2CCCc3cccc(OC)c32)s1. The first-order valence-corrected chi connectivity index (χ1v) is 8.12. The second-order valence-electron chi connectivity index (χ2n) is 5.25. The number of hydrogen-bond donors (Lipinski definition) is 0. The lowest BCUT2D eigenvalue weighted by molar-refractivity contribution is 0.0606. The molecule has 0 saturated heterocycles. The van der Waals surface area contributed by atoms with E-state index in [9.17, 15) is 4.79 Å². The number of esters is 1. The minimum Gasteiger partial charge on any atom is -0.495 e. The monoisotopic (exact) mass is 317 g/mol. The van der Waals surface area contributed by atoms with Gasteiger partial charge in [0.05, 0.1) is 26.5 Å². The third kappa shape index (κ3) is 2.81. The smallest absolute Gasteiger partial charge is 0.348 e. The van der Waals surface area contributed by atoms with Crippen molar-refractivity contribution >= 4 is 23.0 Å². The van der Waals surface area contributed by atoms with Gasteiger partial charge in [-0.15, -0.1) is 11.3 Å². The van der Waals surface area contributed by atoms with Crippen LogP contribution >= 0.6 is 11.3 Å². The Balaban J connectivity index is 1.86. The average Bonchev–Trinajstić information content (AvgIpc) is 3.02. The Morgan fingerprint density at radius 1 is 1.27 bits per heavy atom. The molecule has 1 aliphatic heterocycles. The predicted octanol–water partition coefficient (Wildman–Crippen LogP) is 3.50. The molecule has 0 N–H and O–H groups in total. The van der Waals surface area contributed by atoms with Crippen molar-refractivity contribution in [3.8, 4) is 5.75 Å². The molecule has 0 spiro atoms. The fourth-order valence-corrected chi connectivity index (χ4v) is 3.83. The van der Waals surface area contributed by atoms with Crippen molar-refractivity contribution in [1.82, 2.24) is 0 Å². The molecule has 22 heavy (non-hydrogen) atoms. The van der Waals surface area contributed by atoms with Crippen LogP contribution in [0.4, 0.5) is 5.69 Å². The number of fused-ring (bicyclic) bond motifs is 1. The summed E-state index contributed by atoms with van der Waals surface area (Å²) in [5.74, 6) is 0.648. The van der Waals surface area contributed by atoms with Crippen molar-refractivity contribution in [3.05, 3.63) is 45.6 Å². The molecule has 0 unspecified atom stereocenters. The molecule has 4 nitrogen and oxygen atoms in total. The van der Waals surface area contributed by atoms with Crippen molar-refractivity contribution in [1.29, 1.82) is 0 Å². The average molecular weight is 317 g/mol. The Morgan fingerprint density at radius 2 is 2.14 bits per heavy atom. The zero-order valence-electron chi connectivity index (χ0n) is 12.8. The van der Waals surface area contributed by atoms with Crippen molar-refractivity contribution in [2.45, 2.75) is 19.4 Å². The largest absolute Gasteiger partial charge is 0.495 e. The van der Waals surface area contributed by atoms with Crippen LogP contribution in [0.1, 0.15) is 26.5 Å². The Labute approximate surface area is 134 Å². The number of ether oxygens (including phenoxy) is 2. The summed E-state index contributed by atoms with van der Waals surface area (Å²) in [7, 11) is 3.12. The minimum atomic E-state index is -0.270. The van der Waals surface area contributed by atoms with E-state index in [4.69, 9.17) is 9.47 Å². The first-order chi connectivity index (χ1) is 10.7. The molecular weight excluding hydrogens is 298 g/mol. The summed E-state index contributed by atoms with van der Waals surface area (Å²) < 4.78 is 10.3. The van der Waals surface area contributed by atoms with Crippen molar-refractivity contribution in [2.75, 3.05) is 25.7 Å². The first-order valence-electron chi connectivity index (χ1n) is 7.30. The zero-order valence-corrected chi connectivity index (χ0v) is 13.6. The fourth-order valence-electron chi connectivity index (χ4n) is 2.88. The summed E-state index contributed by atoms with van der Waals surface area (Å²) >= 11 is 1.49. The number of rotatable bonds is 4. The second kappa shape index (κ2) is 6.40. The highest BCUT2D eigenvalue weighted by Gasteiger charge is 2.21. The predicted molar refractivity (Wildman–Crippen MR) is 88.0 cm³/mol. The fraction of sp³-hybridized carbons (Fsp3) is 0.353. The van der Waals surface area contributed by atoms with Crippen LogP contribution in [0.5, 0.6) is 5.75 Å². The zero-order chi connectivity index (χ0) is 15.5. The van der Waals surface area contributed by atoms with Crippen molar-refractivity contribution < 1.29 is 14.3 Å². The Kier molecular flexibility index (Phi) is 4.34. The van der Waals surface area contributed by atoms with Crippen LogP contribution in [0.2, 0.25) is 0 Å². The summed E-state index contributed by atoms with van der Waals surface area (Å²) in [6.45, 7) is 1.79. The summed E-state index contributed by atoms with van der Waals surface area (Å²) in [5, 5.41) is 0. The number of carbonyl (C=O) groups is 1. The van der Waals surface area contributed by atoms with E-state index >= 15 is 0 Å². The number of aryl methyl sites for hydroxylation is 1. The van der Waals surface area contributed by atoms with Gasteiger partial charge in [0.1, 0.15) is 10.6 Å². The molecule has 116 valence electrons. The summed E-state index contributed by atoms with van der Waals surface area (Å²) in [5.41, 5.74) is 2.51. The van der Waals surface area contributed by atoms with Crippen LogP contribution < -0.4 is 9.64 Å². The van der Waals surface area contributed by atoms with E-state index in [1.54, 1.807) is 7.11 Å². The van der Waals surface area contributed by atoms with Crippen LogP contribution in [-0.2, 0) is 17.7 Å². The Hall–Kier alpha value is -2.01. The van der Waals surface area contributed by atoms with Gasteiger partial charge in [-0.3, -0.25) is 0 Å². The number of anilines is 1. The topological polar surface area (TPSA) is 38.8 Å². The van der Waals surface area contributed by atoms with E-state index in [0.717, 1.165) is 36.6 Å². The van der Waals surface area contributed by atoms with E-state index in [2.05, 4.69) is 11.0 Å². The molecule has 2 aromatic rings. The molecule has 2 heterocycles. The van der Waals surface area contributed by atoms with Gasteiger partial charge in [0, 0.05) is 11.4 Å². The first kappa shape index (κ1) is 14.9. The molecule has 0 radical (unpaired) electrons. The molecule has 5 heteroatoms. The van der Waals surface area contributed by atoms with E-state index < -0.39 is 0 Å². The van der Waals surface area contributed by atoms with Crippen LogP contribution in [0.25, 0.3) is 0 Å². The molecule has 0 bridgehead atoms. The normalized spacial score (nSPS) is 13.6. The maximum atomic E-state index is 11.6. The summed E-state index contributed by atoms with van der Waals surface area (Å²) in [6.07, 6.45) is 2.22. The van der Waals surface area contributed by atoms with Gasteiger partial charge in [0.2, 0.25) is 0 Å². The van der Waals surface area contributed by atoms with Gasteiger partial charge in [0.25, 0.3) is 0 Å². The highest BCUT2D eigenvalue weighted by Crippen LogP contribution is 2.37. The van der Waals surface area contributed by atoms with Gasteiger partial charge >= 0.3 is 5.97 Å². The van der Waals surface area contributed by atoms with E-state index in [0.29, 0.717) is 4.88 Å². The van der Waals surface area contributed by atoms with E-state index in [-0.39, 0.29) is 5.97 Å². The molecule has 0 aliphatic carbocycles. The van der Waals surface area contributed by atoms with Gasteiger partial charge in [0.15, 0.2) is 0 Å². The minimum absolute atomic E-state index is 0.270. The third-order valence-electron chi connectivity index (χ3n) is 3.89. The summed E-state index contributed by atoms with van der Waals surface area (Å²) in [6, 6.07) is 10.0. The number of para-hydroxylation sites is 1. The number of hydrogen-bond acceptors (Lipinski definition) is 5. The van der Waals surface area contributed by atoms with Crippen molar-refractivity contribution in [2.24, 2.45) is 0 Å². The maximum Gasteiger partial charge on any atom is 0.348 e. The molecule has 1 aromatic carbocycles. The van der Waals surface area contributed by atoms with E-state index in [1.165, 1.54) is 29.7 Å². The third-order valence-corrected chi connectivity index (χ3v) is 4.94. The lowest BCUT2D eigenvalue weighted by Gasteiger charge is -2.32. The number of methoxy groups -OCH3 is 2. The number of nitrogens with zero attached hydrogens (tertiary/aromatic N) is 1. The van der Waals surface area contributed by atoms with Gasteiger partial charge < -0.3 is 14.4 Å². The molecule has 1 aromatic heterocycles. The van der Waals surface area contributed by atoms with Crippen LogP contribution in [0.15, 0.2) is 30.3 Å². The van der Waals surface area contributed by atoms with Gasteiger partial charge in [-0.2, -0.15) is 0 Å². The summed E-state index contributed by atoms with van der Waals surface area (Å²) in [4.78, 5) is 15.7. The van der Waals surface area contributed by atoms with Crippen LogP contribution in [0, 0.1) is 0 Å². The van der Waals surface area contributed by atoms with Gasteiger partial charge in [-0.05, 0) is 36.6 Å². The highest BCUT2D eigenvalue weighted by atomic mass is 32.1. The number of benzene rings is 1. The maximum absolute atomic E-state index is 11.6. The van der Waals surface area contributed by atoms with Gasteiger partial charge in [-0.25, -0.2) is 4.79 Å². The van der Waals surface area contributed by atoms with Crippen molar-refractivity contribution in [3.63, 3.8) is 0 Å². The molecular formula is C17H19NO3S. The molecule has 0 saturated carbocycles. The quantitative estimate of drug-likeness (QED) is 0.809. The lowest BCUT2D eigenvalue weighted by Crippen LogP contribution is -2.28. The Morgan fingerprint density at radius 3 is 2.91 bits per heavy atom. The molecule has 0 amide bonds. The van der Waals surface area contributed by atoms with Crippen LogP contribution in [0.3, 0.4) is 0 Å². The highest BCUT2D eigenvalue weighted by molar-refractivity contribution is 7.13. The number of thiophene rings is 1. The number of carbonyl (C=O) groups excluding carboxylic acids is 1. The van der Waals surface area contributed by atoms with Gasteiger partial charge in [-0.1, -0.05) is 12.1 Å². The second-order valence-corrected chi connectivity index (χ2v) is 6.42. The lowest BCUT2D eigenvalue weighted by atomic mass is 10.0. The molecule has 0 atom stereocenters. The van der Waals surface area contributed by atoms with Crippen LogP contribution in [-0.4, -0.2) is 26.7 Å². The van der Waals surface area contributed by atoms with E-state index in [1.807, 2.05) is 24.3 Å².